The Balaban J connectivity index is 0.000000490. The van der Waals surface area contributed by atoms with Crippen LogP contribution in [0.4, 0.5) is 0 Å². The highest BCUT2D eigenvalue weighted by Gasteiger charge is 2.11. The SMILES string of the molecule is CCC1OCCO1.N. The van der Waals surface area contributed by atoms with Gasteiger partial charge in [0.25, 0.3) is 0 Å². The van der Waals surface area contributed by atoms with Crippen molar-refractivity contribution in [1.82, 2.24) is 6.15 Å². The van der Waals surface area contributed by atoms with Gasteiger partial charge < -0.3 is 15.6 Å². The molecule has 0 amide bonds. The molecule has 0 aromatic rings. The van der Waals surface area contributed by atoms with Gasteiger partial charge in [0.05, 0.1) is 13.2 Å². The van der Waals surface area contributed by atoms with Gasteiger partial charge in [-0.2, -0.15) is 0 Å². The molecular formula is C5H13NO2. The fraction of sp³-hybridized carbons (Fsp3) is 1.00. The van der Waals surface area contributed by atoms with Gasteiger partial charge in [-0.25, -0.2) is 0 Å². The molecule has 1 saturated heterocycles. The fourth-order valence-corrected chi connectivity index (χ4v) is 0.643. The van der Waals surface area contributed by atoms with Gasteiger partial charge in [-0.15, -0.1) is 0 Å². The minimum absolute atomic E-state index is 0. The second-order valence-electron chi connectivity index (χ2n) is 1.58. The quantitative estimate of drug-likeness (QED) is 0.558. The molecule has 50 valence electrons. The predicted molar refractivity (Wildman–Crippen MR) is 31.0 cm³/mol. The largest absolute Gasteiger partial charge is 0.350 e. The minimum Gasteiger partial charge on any atom is -0.350 e. The molecule has 1 aliphatic heterocycles. The zero-order valence-electron chi connectivity index (χ0n) is 5.22. The highest BCUT2D eigenvalue weighted by Crippen LogP contribution is 2.05. The molecule has 1 aliphatic rings. The van der Waals surface area contributed by atoms with Crippen LogP contribution in [-0.4, -0.2) is 19.5 Å². The van der Waals surface area contributed by atoms with E-state index in [1.807, 2.05) is 0 Å². The van der Waals surface area contributed by atoms with Crippen LogP contribution in [0.15, 0.2) is 0 Å². The van der Waals surface area contributed by atoms with Crippen molar-refractivity contribution in [3.8, 4) is 0 Å². The molecule has 1 heterocycles. The van der Waals surface area contributed by atoms with Crippen LogP contribution in [0.5, 0.6) is 0 Å². The summed E-state index contributed by atoms with van der Waals surface area (Å²) in [6.45, 7) is 3.60. The van der Waals surface area contributed by atoms with Crippen molar-refractivity contribution in [2.75, 3.05) is 13.2 Å². The second-order valence-corrected chi connectivity index (χ2v) is 1.58. The van der Waals surface area contributed by atoms with E-state index in [0.29, 0.717) is 0 Å². The van der Waals surface area contributed by atoms with Crippen molar-refractivity contribution in [3.05, 3.63) is 0 Å². The third kappa shape index (κ3) is 1.78. The summed E-state index contributed by atoms with van der Waals surface area (Å²) < 4.78 is 10.2. The van der Waals surface area contributed by atoms with Gasteiger partial charge >= 0.3 is 0 Å². The molecule has 0 aromatic heterocycles. The Morgan fingerprint density at radius 3 is 2.12 bits per heavy atom. The summed E-state index contributed by atoms with van der Waals surface area (Å²) in [5.74, 6) is 0. The van der Waals surface area contributed by atoms with Gasteiger partial charge in [0, 0.05) is 0 Å². The van der Waals surface area contributed by atoms with Crippen LogP contribution in [0.25, 0.3) is 0 Å². The second kappa shape index (κ2) is 3.83. The Bertz CT molecular complexity index is 52.4. The standard InChI is InChI=1S/C5H10O2.H3N/c1-2-5-6-3-4-7-5;/h5H,2-4H2,1H3;1H3. The summed E-state index contributed by atoms with van der Waals surface area (Å²) in [5.41, 5.74) is 0. The Morgan fingerprint density at radius 2 is 1.88 bits per heavy atom. The van der Waals surface area contributed by atoms with Crippen molar-refractivity contribution in [1.29, 1.82) is 0 Å². The van der Waals surface area contributed by atoms with Gasteiger partial charge in [0.1, 0.15) is 0 Å². The third-order valence-corrected chi connectivity index (χ3v) is 1.02. The Kier molecular flexibility index (Phi) is 3.77. The van der Waals surface area contributed by atoms with E-state index in [1.54, 1.807) is 0 Å². The van der Waals surface area contributed by atoms with Crippen LogP contribution >= 0.6 is 0 Å². The minimum atomic E-state index is 0. The van der Waals surface area contributed by atoms with E-state index in [0.717, 1.165) is 19.6 Å². The van der Waals surface area contributed by atoms with Gasteiger partial charge in [-0.3, -0.25) is 0 Å². The zero-order chi connectivity index (χ0) is 5.11. The predicted octanol–water partition coefficient (Wildman–Crippen LogP) is 0.931. The van der Waals surface area contributed by atoms with E-state index >= 15 is 0 Å². The lowest BCUT2D eigenvalue weighted by atomic mass is 10.5. The molecule has 0 aliphatic carbocycles. The molecule has 1 fully saturated rings. The van der Waals surface area contributed by atoms with E-state index in [-0.39, 0.29) is 12.4 Å². The van der Waals surface area contributed by atoms with Crippen LogP contribution in [0.1, 0.15) is 13.3 Å². The first-order valence-corrected chi connectivity index (χ1v) is 2.66. The van der Waals surface area contributed by atoms with Crippen LogP contribution in [0.3, 0.4) is 0 Å². The molecule has 0 unspecified atom stereocenters. The molecule has 0 radical (unpaired) electrons. The number of ether oxygens (including phenoxy) is 2. The van der Waals surface area contributed by atoms with E-state index in [2.05, 4.69) is 6.92 Å². The monoisotopic (exact) mass is 119 g/mol. The average molecular weight is 119 g/mol. The summed E-state index contributed by atoms with van der Waals surface area (Å²) >= 11 is 0. The van der Waals surface area contributed by atoms with E-state index in [1.165, 1.54) is 0 Å². The Labute approximate surface area is 49.6 Å². The maximum Gasteiger partial charge on any atom is 0.157 e. The van der Waals surface area contributed by atoms with Crippen LogP contribution in [0, 0.1) is 0 Å². The van der Waals surface area contributed by atoms with E-state index in [9.17, 15) is 0 Å². The third-order valence-electron chi connectivity index (χ3n) is 1.02. The average Bonchev–Trinajstić information content (AvgIpc) is 2.14. The van der Waals surface area contributed by atoms with Crippen molar-refractivity contribution < 1.29 is 9.47 Å². The smallest absolute Gasteiger partial charge is 0.157 e. The topological polar surface area (TPSA) is 53.5 Å². The molecule has 3 nitrogen and oxygen atoms in total. The summed E-state index contributed by atoms with van der Waals surface area (Å²) in [6, 6.07) is 0. The lowest BCUT2D eigenvalue weighted by molar-refractivity contribution is -0.0430. The molecule has 0 atom stereocenters. The van der Waals surface area contributed by atoms with Crippen molar-refractivity contribution in [2.45, 2.75) is 19.6 Å². The highest BCUT2D eigenvalue weighted by atomic mass is 16.7. The molecule has 0 bridgehead atoms. The molecule has 0 spiro atoms. The number of rotatable bonds is 1. The van der Waals surface area contributed by atoms with Crippen LogP contribution in [-0.2, 0) is 9.47 Å². The lowest BCUT2D eigenvalue weighted by Crippen LogP contribution is -2.03. The van der Waals surface area contributed by atoms with Crippen molar-refractivity contribution >= 4 is 0 Å². The Hall–Kier alpha value is -0.120. The fourth-order valence-electron chi connectivity index (χ4n) is 0.643. The summed E-state index contributed by atoms with van der Waals surface area (Å²) in [4.78, 5) is 0. The molecule has 0 aromatic carbocycles. The number of hydrogen-bond acceptors (Lipinski definition) is 3. The summed E-state index contributed by atoms with van der Waals surface area (Å²) in [7, 11) is 0. The van der Waals surface area contributed by atoms with Crippen LogP contribution < -0.4 is 6.15 Å². The summed E-state index contributed by atoms with van der Waals surface area (Å²) in [6.07, 6.45) is 1.07. The van der Waals surface area contributed by atoms with Crippen LogP contribution in [0.2, 0.25) is 0 Å². The normalized spacial score (nSPS) is 20.6. The van der Waals surface area contributed by atoms with E-state index < -0.39 is 0 Å². The zero-order valence-corrected chi connectivity index (χ0v) is 5.22. The molecule has 1 rings (SSSR count). The highest BCUT2D eigenvalue weighted by molar-refractivity contribution is 4.46. The van der Waals surface area contributed by atoms with Crippen molar-refractivity contribution in [3.63, 3.8) is 0 Å². The first kappa shape index (κ1) is 7.88. The molecule has 3 N–H and O–H groups in total. The van der Waals surface area contributed by atoms with E-state index in [4.69, 9.17) is 9.47 Å². The molecular weight excluding hydrogens is 106 g/mol. The van der Waals surface area contributed by atoms with Crippen molar-refractivity contribution in [2.24, 2.45) is 0 Å². The lowest BCUT2D eigenvalue weighted by Gasteiger charge is -2.01. The molecule has 8 heavy (non-hydrogen) atoms. The first-order valence-electron chi connectivity index (χ1n) is 2.66. The summed E-state index contributed by atoms with van der Waals surface area (Å²) in [5, 5.41) is 0. The molecule has 3 heteroatoms. The Morgan fingerprint density at radius 1 is 1.38 bits per heavy atom. The van der Waals surface area contributed by atoms with Gasteiger partial charge in [-0.05, 0) is 6.42 Å². The van der Waals surface area contributed by atoms with Gasteiger partial charge in [0.15, 0.2) is 6.29 Å². The maximum absolute atomic E-state index is 5.08. The number of hydrogen-bond donors (Lipinski definition) is 1. The van der Waals surface area contributed by atoms with Gasteiger partial charge in [-0.1, -0.05) is 6.92 Å². The van der Waals surface area contributed by atoms with Gasteiger partial charge in [0.2, 0.25) is 0 Å². The molecule has 0 saturated carbocycles. The first-order chi connectivity index (χ1) is 3.43. The maximum atomic E-state index is 5.08.